The Bertz CT molecular complexity index is 1030. The molecular weight excluding hydrogens is 479 g/mol. The summed E-state index contributed by atoms with van der Waals surface area (Å²) < 4.78 is 38.9. The number of rotatable bonds is 4. The average Bonchev–Trinajstić information content (AvgIpc) is 3.16. The Labute approximate surface area is 171 Å². The second-order valence-corrected chi connectivity index (χ2v) is 9.16. The Balaban J connectivity index is 1.84. The van der Waals surface area contributed by atoms with Crippen molar-refractivity contribution in [1.29, 1.82) is 0 Å². The number of halogens is 1. The van der Waals surface area contributed by atoms with Crippen LogP contribution in [0.2, 0.25) is 0 Å². The summed E-state index contributed by atoms with van der Waals surface area (Å²) in [6.07, 6.45) is 0. The average molecular weight is 496 g/mol. The summed E-state index contributed by atoms with van der Waals surface area (Å²) in [7, 11) is -3.80. The maximum atomic E-state index is 13.2. The third-order valence-corrected chi connectivity index (χ3v) is 6.66. The molecular formula is C19H17IN2O4S. The van der Waals surface area contributed by atoms with E-state index in [9.17, 15) is 8.42 Å². The Morgan fingerprint density at radius 2 is 1.63 bits per heavy atom. The van der Waals surface area contributed by atoms with Gasteiger partial charge in [-0.1, -0.05) is 18.2 Å². The van der Waals surface area contributed by atoms with Crippen LogP contribution in [0.1, 0.15) is 0 Å². The Morgan fingerprint density at radius 3 is 2.30 bits per heavy atom. The van der Waals surface area contributed by atoms with Crippen LogP contribution < -0.4 is 4.90 Å². The minimum atomic E-state index is -3.80. The van der Waals surface area contributed by atoms with Crippen molar-refractivity contribution >= 4 is 38.3 Å². The maximum absolute atomic E-state index is 13.2. The van der Waals surface area contributed by atoms with Crippen molar-refractivity contribution in [3.63, 3.8) is 0 Å². The fourth-order valence-electron chi connectivity index (χ4n) is 2.87. The molecule has 1 fully saturated rings. The van der Waals surface area contributed by atoms with Crippen molar-refractivity contribution in [2.45, 2.75) is 9.92 Å². The van der Waals surface area contributed by atoms with Crippen molar-refractivity contribution in [1.82, 2.24) is 4.98 Å². The number of morpholine rings is 1. The van der Waals surface area contributed by atoms with E-state index in [1.807, 2.05) is 29.2 Å². The molecule has 0 atom stereocenters. The zero-order valence-corrected chi connectivity index (χ0v) is 17.3. The summed E-state index contributed by atoms with van der Waals surface area (Å²) in [4.78, 5) is 6.47. The van der Waals surface area contributed by atoms with Gasteiger partial charge in [0.25, 0.3) is 0 Å². The van der Waals surface area contributed by atoms with Gasteiger partial charge in [-0.05, 0) is 59.0 Å². The first kappa shape index (κ1) is 18.5. The van der Waals surface area contributed by atoms with E-state index in [4.69, 9.17) is 9.15 Å². The maximum Gasteiger partial charge on any atom is 0.236 e. The number of hydrogen-bond acceptors (Lipinski definition) is 6. The van der Waals surface area contributed by atoms with Gasteiger partial charge in [0.05, 0.1) is 18.1 Å². The highest BCUT2D eigenvalue weighted by Gasteiger charge is 2.32. The van der Waals surface area contributed by atoms with Gasteiger partial charge < -0.3 is 14.1 Å². The summed E-state index contributed by atoms with van der Waals surface area (Å²) >= 11 is 2.21. The number of anilines is 1. The Morgan fingerprint density at radius 1 is 0.963 bits per heavy atom. The van der Waals surface area contributed by atoms with E-state index in [2.05, 4.69) is 27.6 Å². The molecule has 0 bridgehead atoms. The first-order valence-electron chi connectivity index (χ1n) is 8.45. The van der Waals surface area contributed by atoms with E-state index in [-0.39, 0.29) is 15.8 Å². The molecule has 0 unspecified atom stereocenters. The normalized spacial score (nSPS) is 15.1. The first-order chi connectivity index (χ1) is 13.1. The number of nitrogens with zero attached hydrogens (tertiary/aromatic N) is 2. The van der Waals surface area contributed by atoms with Gasteiger partial charge in [-0.25, -0.2) is 8.42 Å². The number of sulfone groups is 1. The highest BCUT2D eigenvalue weighted by atomic mass is 127. The topological polar surface area (TPSA) is 72.6 Å². The van der Waals surface area contributed by atoms with Crippen LogP contribution in [0.15, 0.2) is 68.9 Å². The lowest BCUT2D eigenvalue weighted by atomic mass is 10.2. The lowest BCUT2D eigenvalue weighted by Crippen LogP contribution is -2.36. The van der Waals surface area contributed by atoms with E-state index >= 15 is 0 Å². The van der Waals surface area contributed by atoms with Crippen molar-refractivity contribution in [2.75, 3.05) is 31.2 Å². The Kier molecular flexibility index (Phi) is 5.20. The van der Waals surface area contributed by atoms with Crippen LogP contribution in [-0.4, -0.2) is 39.7 Å². The van der Waals surface area contributed by atoms with Crippen molar-refractivity contribution < 1.29 is 17.6 Å². The van der Waals surface area contributed by atoms with Crippen molar-refractivity contribution in [3.05, 3.63) is 58.2 Å². The van der Waals surface area contributed by atoms with Crippen LogP contribution in [0.5, 0.6) is 0 Å². The van der Waals surface area contributed by atoms with Gasteiger partial charge in [-0.15, -0.1) is 0 Å². The van der Waals surface area contributed by atoms with Gasteiger partial charge >= 0.3 is 0 Å². The van der Waals surface area contributed by atoms with E-state index in [1.54, 1.807) is 30.3 Å². The molecule has 0 amide bonds. The van der Waals surface area contributed by atoms with E-state index < -0.39 is 9.84 Å². The smallest absolute Gasteiger partial charge is 0.236 e. The minimum absolute atomic E-state index is 0.0517. The van der Waals surface area contributed by atoms with Gasteiger partial charge in [-0.2, -0.15) is 4.98 Å². The number of ether oxygens (including phenoxy) is 1. The summed E-state index contributed by atoms with van der Waals surface area (Å²) in [6, 6.07) is 15.9. The zero-order valence-electron chi connectivity index (χ0n) is 14.3. The first-order valence-corrected chi connectivity index (χ1v) is 11.0. The molecule has 1 aliphatic rings. The molecule has 3 aromatic rings. The predicted octanol–water partition coefficient (Wildman–Crippen LogP) is 3.62. The van der Waals surface area contributed by atoms with Crippen LogP contribution in [0.3, 0.4) is 0 Å². The highest BCUT2D eigenvalue weighted by molar-refractivity contribution is 14.1. The lowest BCUT2D eigenvalue weighted by Gasteiger charge is -2.26. The number of benzene rings is 2. The SMILES string of the molecule is O=S(=O)(c1ccccc1)c1nc(-c2ccc(I)cc2)oc1N1CCOCC1. The monoisotopic (exact) mass is 496 g/mol. The van der Waals surface area contributed by atoms with E-state index in [1.165, 1.54) is 0 Å². The lowest BCUT2D eigenvalue weighted by molar-refractivity contribution is 0.120. The van der Waals surface area contributed by atoms with Crippen LogP contribution in [-0.2, 0) is 14.6 Å². The third kappa shape index (κ3) is 3.74. The summed E-state index contributed by atoms with van der Waals surface area (Å²) in [5.74, 6) is 0.568. The van der Waals surface area contributed by atoms with Crippen molar-refractivity contribution in [2.24, 2.45) is 0 Å². The molecule has 4 rings (SSSR count). The van der Waals surface area contributed by atoms with E-state index in [0.29, 0.717) is 32.2 Å². The molecule has 27 heavy (non-hydrogen) atoms. The second-order valence-electron chi connectivity index (χ2n) is 6.05. The molecule has 0 N–H and O–H groups in total. The van der Waals surface area contributed by atoms with Crippen LogP contribution in [0.4, 0.5) is 5.88 Å². The van der Waals surface area contributed by atoms with Crippen LogP contribution >= 0.6 is 22.6 Å². The molecule has 2 heterocycles. The van der Waals surface area contributed by atoms with Gasteiger partial charge in [-0.3, -0.25) is 0 Å². The fourth-order valence-corrected chi connectivity index (χ4v) is 4.57. The van der Waals surface area contributed by atoms with Gasteiger partial charge in [0, 0.05) is 22.2 Å². The molecule has 0 radical (unpaired) electrons. The summed E-state index contributed by atoms with van der Waals surface area (Å²) in [5, 5.41) is -0.0517. The minimum Gasteiger partial charge on any atom is -0.419 e. The molecule has 8 heteroatoms. The Hall–Kier alpha value is -1.91. The van der Waals surface area contributed by atoms with Crippen LogP contribution in [0, 0.1) is 3.57 Å². The molecule has 2 aromatic carbocycles. The van der Waals surface area contributed by atoms with Gasteiger partial charge in [0.2, 0.25) is 26.6 Å². The summed E-state index contributed by atoms with van der Waals surface area (Å²) in [5.41, 5.74) is 0.736. The summed E-state index contributed by atoms with van der Waals surface area (Å²) in [6.45, 7) is 2.14. The number of oxazole rings is 1. The predicted molar refractivity (Wildman–Crippen MR) is 110 cm³/mol. The van der Waals surface area contributed by atoms with Crippen LogP contribution in [0.25, 0.3) is 11.5 Å². The zero-order chi connectivity index (χ0) is 18.9. The number of aromatic nitrogens is 1. The van der Waals surface area contributed by atoms with Crippen molar-refractivity contribution in [3.8, 4) is 11.5 Å². The number of hydrogen-bond donors (Lipinski definition) is 0. The van der Waals surface area contributed by atoms with Gasteiger partial charge in [0.15, 0.2) is 0 Å². The fraction of sp³-hybridized carbons (Fsp3) is 0.211. The van der Waals surface area contributed by atoms with Gasteiger partial charge in [0.1, 0.15) is 0 Å². The largest absolute Gasteiger partial charge is 0.419 e. The quantitative estimate of drug-likeness (QED) is 0.514. The molecule has 6 nitrogen and oxygen atoms in total. The molecule has 0 spiro atoms. The standard InChI is InChI=1S/C19H17IN2O4S/c20-15-8-6-14(7-9-15)17-21-18(19(26-17)22-10-12-25-13-11-22)27(23,24)16-4-2-1-3-5-16/h1-9H,10-13H2. The molecule has 0 aliphatic carbocycles. The molecule has 1 aromatic heterocycles. The molecule has 1 saturated heterocycles. The highest BCUT2D eigenvalue weighted by Crippen LogP contribution is 2.35. The third-order valence-electron chi connectivity index (χ3n) is 4.28. The molecule has 1 aliphatic heterocycles. The van der Waals surface area contributed by atoms with E-state index in [0.717, 1.165) is 9.13 Å². The molecule has 140 valence electrons. The molecule has 0 saturated carbocycles. The second kappa shape index (κ2) is 7.61.